The summed E-state index contributed by atoms with van der Waals surface area (Å²) in [5, 5.41) is 11.2. The number of hydrogen-bond acceptors (Lipinski definition) is 3. The fourth-order valence-corrected chi connectivity index (χ4v) is 5.62. The van der Waals surface area contributed by atoms with E-state index in [9.17, 15) is 9.32 Å². The van der Waals surface area contributed by atoms with E-state index in [0.29, 0.717) is 0 Å². The van der Waals surface area contributed by atoms with Gasteiger partial charge < -0.3 is 5.11 Å². The lowest BCUT2D eigenvalue weighted by Gasteiger charge is -2.40. The third kappa shape index (κ3) is 3.67. The fourth-order valence-electron chi connectivity index (χ4n) is 3.47. The van der Waals surface area contributed by atoms with Crippen LogP contribution < -0.4 is 0 Å². The van der Waals surface area contributed by atoms with Gasteiger partial charge in [0.05, 0.1) is 21.1 Å². The van der Waals surface area contributed by atoms with Crippen LogP contribution in [0, 0.1) is 5.92 Å². The van der Waals surface area contributed by atoms with E-state index in [2.05, 4.69) is 11.3 Å². The van der Waals surface area contributed by atoms with Crippen molar-refractivity contribution in [3.8, 4) is 0 Å². The monoisotopic (exact) mass is 309 g/mol. The summed E-state index contributed by atoms with van der Waals surface area (Å²) >= 11 is 0. The van der Waals surface area contributed by atoms with Gasteiger partial charge in [-0.1, -0.05) is 44.4 Å². The Morgan fingerprint density at radius 3 is 2.67 bits per heavy atom. The highest BCUT2D eigenvalue weighted by Crippen LogP contribution is 2.39. The smallest absolute Gasteiger partial charge is 0.0802 e. The van der Waals surface area contributed by atoms with Crippen molar-refractivity contribution in [3.63, 3.8) is 0 Å². The van der Waals surface area contributed by atoms with Crippen molar-refractivity contribution >= 4 is 9.73 Å². The standard InChI is InChI=1S/C17H27NO2S/c1-3-9-15-10-7-8-13-17(15,19)14-21(20,18-2)16-11-5-4-6-12-16/h4-6,11-12,15,19H,3,7-10,13-14H2,1-2H3. The van der Waals surface area contributed by atoms with Crippen LogP contribution in [-0.2, 0) is 9.73 Å². The van der Waals surface area contributed by atoms with E-state index in [1.165, 1.54) is 6.42 Å². The van der Waals surface area contributed by atoms with Gasteiger partial charge in [-0.2, -0.15) is 0 Å². The Morgan fingerprint density at radius 2 is 2.05 bits per heavy atom. The quantitative estimate of drug-likeness (QED) is 0.897. The summed E-state index contributed by atoms with van der Waals surface area (Å²) in [5.74, 6) is 0.521. The van der Waals surface area contributed by atoms with Gasteiger partial charge in [0.25, 0.3) is 0 Å². The molecule has 1 aromatic carbocycles. The molecule has 2 rings (SSSR count). The maximum atomic E-state index is 13.3. The fraction of sp³-hybridized carbons (Fsp3) is 0.647. The van der Waals surface area contributed by atoms with Crippen molar-refractivity contribution in [3.05, 3.63) is 30.3 Å². The lowest BCUT2D eigenvalue weighted by atomic mass is 9.74. The van der Waals surface area contributed by atoms with Crippen molar-refractivity contribution in [2.24, 2.45) is 10.3 Å². The van der Waals surface area contributed by atoms with Crippen LogP contribution in [0.4, 0.5) is 0 Å². The molecule has 0 radical (unpaired) electrons. The van der Waals surface area contributed by atoms with Gasteiger partial charge >= 0.3 is 0 Å². The topological polar surface area (TPSA) is 49.7 Å². The van der Waals surface area contributed by atoms with E-state index in [1.54, 1.807) is 7.05 Å². The van der Waals surface area contributed by atoms with Crippen molar-refractivity contribution < 1.29 is 9.32 Å². The molecule has 1 aliphatic carbocycles. The summed E-state index contributed by atoms with van der Waals surface area (Å²) in [7, 11) is -0.932. The molecular formula is C17H27NO2S. The van der Waals surface area contributed by atoms with Gasteiger partial charge in [-0.05, 0) is 37.3 Å². The van der Waals surface area contributed by atoms with Crippen LogP contribution in [0.1, 0.15) is 45.4 Å². The molecule has 21 heavy (non-hydrogen) atoms. The second kappa shape index (κ2) is 6.93. The normalized spacial score (nSPS) is 28.8. The van der Waals surface area contributed by atoms with E-state index in [1.807, 2.05) is 30.3 Å². The van der Waals surface area contributed by atoms with Gasteiger partial charge in [-0.3, -0.25) is 0 Å². The van der Waals surface area contributed by atoms with Crippen LogP contribution in [-0.4, -0.2) is 27.7 Å². The Bertz CT molecular complexity index is 561. The molecule has 3 unspecified atom stereocenters. The number of rotatable bonds is 5. The molecule has 3 atom stereocenters. The van der Waals surface area contributed by atoms with Crippen LogP contribution in [0.5, 0.6) is 0 Å². The van der Waals surface area contributed by atoms with Crippen molar-refractivity contribution in [1.29, 1.82) is 0 Å². The molecule has 1 saturated carbocycles. The van der Waals surface area contributed by atoms with Gasteiger partial charge in [-0.25, -0.2) is 8.57 Å². The van der Waals surface area contributed by atoms with E-state index < -0.39 is 15.3 Å². The first-order valence-corrected chi connectivity index (χ1v) is 9.63. The van der Waals surface area contributed by atoms with Crippen LogP contribution in [0.2, 0.25) is 0 Å². The Labute approximate surface area is 129 Å². The number of hydrogen-bond donors (Lipinski definition) is 1. The molecule has 3 nitrogen and oxygen atoms in total. The lowest BCUT2D eigenvalue weighted by Crippen LogP contribution is -2.46. The maximum Gasteiger partial charge on any atom is 0.0802 e. The molecule has 0 heterocycles. The van der Waals surface area contributed by atoms with E-state index >= 15 is 0 Å². The predicted molar refractivity (Wildman–Crippen MR) is 87.9 cm³/mol. The van der Waals surface area contributed by atoms with Crippen LogP contribution in [0.25, 0.3) is 0 Å². The summed E-state index contributed by atoms with van der Waals surface area (Å²) in [5.41, 5.74) is -0.833. The molecule has 4 heteroatoms. The predicted octanol–water partition coefficient (Wildman–Crippen LogP) is 3.86. The molecule has 0 amide bonds. The molecule has 1 N–H and O–H groups in total. The highest BCUT2D eigenvalue weighted by atomic mass is 32.2. The molecule has 0 aromatic heterocycles. The molecule has 0 spiro atoms. The summed E-state index contributed by atoms with van der Waals surface area (Å²) < 4.78 is 17.4. The minimum atomic E-state index is -2.54. The Balaban J connectivity index is 2.30. The highest BCUT2D eigenvalue weighted by molar-refractivity contribution is 7.93. The molecule has 1 aromatic rings. The lowest BCUT2D eigenvalue weighted by molar-refractivity contribution is -0.0316. The maximum absolute atomic E-state index is 13.3. The van der Waals surface area contributed by atoms with E-state index in [0.717, 1.165) is 37.0 Å². The summed E-state index contributed by atoms with van der Waals surface area (Å²) in [6, 6.07) is 9.39. The minimum Gasteiger partial charge on any atom is -0.389 e. The van der Waals surface area contributed by atoms with Gasteiger partial charge in [0, 0.05) is 11.9 Å². The molecule has 0 bridgehead atoms. The molecular weight excluding hydrogens is 282 g/mol. The third-order valence-corrected chi connectivity index (χ3v) is 7.15. The van der Waals surface area contributed by atoms with Gasteiger partial charge in [-0.15, -0.1) is 0 Å². The van der Waals surface area contributed by atoms with E-state index in [4.69, 9.17) is 0 Å². The third-order valence-electron chi connectivity index (χ3n) is 4.66. The SMILES string of the molecule is CCCC1CCCCC1(O)CS(=O)(=NC)c1ccccc1. The first-order chi connectivity index (χ1) is 10.0. The van der Waals surface area contributed by atoms with Crippen molar-refractivity contribution in [2.75, 3.05) is 12.8 Å². The Kier molecular flexibility index (Phi) is 5.44. The number of aliphatic hydroxyl groups is 1. The summed E-state index contributed by atoms with van der Waals surface area (Å²) in [6.45, 7) is 2.15. The van der Waals surface area contributed by atoms with Crippen LogP contribution in [0.15, 0.2) is 39.6 Å². The summed E-state index contributed by atoms with van der Waals surface area (Å²) in [4.78, 5) is 0.738. The van der Waals surface area contributed by atoms with E-state index in [-0.39, 0.29) is 11.7 Å². The molecule has 118 valence electrons. The first kappa shape index (κ1) is 16.5. The second-order valence-corrected chi connectivity index (χ2v) is 8.52. The highest BCUT2D eigenvalue weighted by Gasteiger charge is 2.41. The zero-order valence-electron chi connectivity index (χ0n) is 13.1. The first-order valence-electron chi connectivity index (χ1n) is 7.94. The summed E-state index contributed by atoms with van der Waals surface area (Å²) in [6.07, 6.45) is 6.04. The average Bonchev–Trinajstić information content (AvgIpc) is 2.50. The largest absolute Gasteiger partial charge is 0.389 e. The zero-order chi connectivity index (χ0) is 15.3. The van der Waals surface area contributed by atoms with Crippen LogP contribution in [0.3, 0.4) is 0 Å². The minimum absolute atomic E-state index is 0.252. The molecule has 1 aliphatic rings. The van der Waals surface area contributed by atoms with Gasteiger partial charge in [0.1, 0.15) is 0 Å². The molecule has 0 saturated heterocycles. The Morgan fingerprint density at radius 1 is 1.33 bits per heavy atom. The van der Waals surface area contributed by atoms with Crippen LogP contribution >= 0.6 is 0 Å². The molecule has 0 aliphatic heterocycles. The second-order valence-electron chi connectivity index (χ2n) is 6.12. The van der Waals surface area contributed by atoms with Gasteiger partial charge in [0.15, 0.2) is 0 Å². The number of nitrogens with zero attached hydrogens (tertiary/aromatic N) is 1. The van der Waals surface area contributed by atoms with Crippen molar-refractivity contribution in [2.45, 2.75) is 55.9 Å². The Hall–Kier alpha value is -0.870. The van der Waals surface area contributed by atoms with Crippen molar-refractivity contribution in [1.82, 2.24) is 0 Å². The zero-order valence-corrected chi connectivity index (χ0v) is 13.9. The number of benzene rings is 1. The van der Waals surface area contributed by atoms with Gasteiger partial charge in [0.2, 0.25) is 0 Å². The molecule has 1 fully saturated rings. The average molecular weight is 309 g/mol.